The minimum absolute atomic E-state index is 0.0735. The highest BCUT2D eigenvalue weighted by molar-refractivity contribution is 5.92. The summed E-state index contributed by atoms with van der Waals surface area (Å²) in [6, 6.07) is 9.83. The van der Waals surface area contributed by atoms with Crippen LogP contribution < -0.4 is 4.90 Å². The molecule has 0 aliphatic rings. The molecule has 0 fully saturated rings. The number of carboxylic acid groups (broad SMARTS) is 1. The number of aromatic carboxylic acids is 1. The number of nitrogens with zero attached hydrogens (tertiary/aromatic N) is 2. The highest BCUT2D eigenvalue weighted by atomic mass is 16.4. The zero-order valence-electron chi connectivity index (χ0n) is 13.5. The molecule has 0 saturated heterocycles. The number of carboxylic acids is 1. The molecule has 1 aromatic heterocycles. The molecule has 0 aliphatic carbocycles. The van der Waals surface area contributed by atoms with E-state index in [1.54, 1.807) is 18.2 Å². The van der Waals surface area contributed by atoms with Crippen LogP contribution in [0.5, 0.6) is 5.75 Å². The van der Waals surface area contributed by atoms with Gasteiger partial charge in [0.2, 0.25) is 5.89 Å². The van der Waals surface area contributed by atoms with Crippen LogP contribution in [-0.4, -0.2) is 34.3 Å². The molecule has 0 amide bonds. The monoisotopic (exact) mass is 326 g/mol. The quantitative estimate of drug-likeness (QED) is 0.742. The zero-order valence-corrected chi connectivity index (χ0v) is 13.5. The molecule has 6 nitrogen and oxygen atoms in total. The Balaban J connectivity index is 2.02. The van der Waals surface area contributed by atoms with Gasteiger partial charge in [-0.25, -0.2) is 9.78 Å². The molecule has 124 valence electrons. The Hall–Kier alpha value is -3.02. The van der Waals surface area contributed by atoms with Gasteiger partial charge in [-0.05, 0) is 44.2 Å². The molecule has 0 spiro atoms. The highest BCUT2D eigenvalue weighted by Gasteiger charge is 2.15. The molecule has 2 aromatic carbocycles. The molecule has 0 atom stereocenters. The summed E-state index contributed by atoms with van der Waals surface area (Å²) in [7, 11) is 0. The first-order valence-electron chi connectivity index (χ1n) is 7.75. The average Bonchev–Trinajstić information content (AvgIpc) is 2.98. The maximum absolute atomic E-state index is 11.0. The number of benzene rings is 2. The summed E-state index contributed by atoms with van der Waals surface area (Å²) in [4.78, 5) is 17.5. The number of rotatable bonds is 5. The predicted molar refractivity (Wildman–Crippen MR) is 91.6 cm³/mol. The van der Waals surface area contributed by atoms with E-state index in [2.05, 4.69) is 23.7 Å². The van der Waals surface area contributed by atoms with E-state index < -0.39 is 5.97 Å². The lowest BCUT2D eigenvalue weighted by Crippen LogP contribution is -2.21. The van der Waals surface area contributed by atoms with Gasteiger partial charge in [0, 0.05) is 24.8 Å². The lowest BCUT2D eigenvalue weighted by Gasteiger charge is -2.21. The molecule has 1 heterocycles. The highest BCUT2D eigenvalue weighted by Crippen LogP contribution is 2.34. The van der Waals surface area contributed by atoms with Crippen molar-refractivity contribution in [2.75, 3.05) is 18.0 Å². The van der Waals surface area contributed by atoms with Gasteiger partial charge in [-0.15, -0.1) is 0 Å². The third kappa shape index (κ3) is 2.78. The van der Waals surface area contributed by atoms with Crippen LogP contribution >= 0.6 is 0 Å². The van der Waals surface area contributed by atoms with Gasteiger partial charge in [0.25, 0.3) is 0 Å². The van der Waals surface area contributed by atoms with E-state index >= 15 is 0 Å². The molecule has 0 radical (unpaired) electrons. The molecule has 0 unspecified atom stereocenters. The normalized spacial score (nSPS) is 10.9. The fourth-order valence-corrected chi connectivity index (χ4v) is 2.66. The van der Waals surface area contributed by atoms with Gasteiger partial charge in [0.1, 0.15) is 11.3 Å². The lowest BCUT2D eigenvalue weighted by atomic mass is 10.1. The van der Waals surface area contributed by atoms with Crippen LogP contribution in [0.4, 0.5) is 5.69 Å². The number of fused-ring (bicyclic) bond motifs is 1. The number of phenolic OH excluding ortho intramolecular Hbond substituents is 1. The molecule has 2 N–H and O–H groups in total. The van der Waals surface area contributed by atoms with Gasteiger partial charge in [-0.3, -0.25) is 0 Å². The van der Waals surface area contributed by atoms with Gasteiger partial charge in [0.15, 0.2) is 5.58 Å². The van der Waals surface area contributed by atoms with Crippen LogP contribution in [0.3, 0.4) is 0 Å². The molecule has 24 heavy (non-hydrogen) atoms. The van der Waals surface area contributed by atoms with Gasteiger partial charge in [-0.2, -0.15) is 0 Å². The summed E-state index contributed by atoms with van der Waals surface area (Å²) in [6.07, 6.45) is 0. The summed E-state index contributed by atoms with van der Waals surface area (Å²) in [5.41, 5.74) is 2.44. The SMILES string of the molecule is CCN(CC)c1ccc(-c2nc3ccc(C(=O)O)cc3o2)c(O)c1. The second kappa shape index (κ2) is 6.23. The summed E-state index contributed by atoms with van der Waals surface area (Å²) >= 11 is 0. The van der Waals surface area contributed by atoms with E-state index in [0.717, 1.165) is 18.8 Å². The van der Waals surface area contributed by atoms with Gasteiger partial charge in [-0.1, -0.05) is 0 Å². The van der Waals surface area contributed by atoms with E-state index in [4.69, 9.17) is 9.52 Å². The minimum Gasteiger partial charge on any atom is -0.507 e. The van der Waals surface area contributed by atoms with Crippen LogP contribution in [0.1, 0.15) is 24.2 Å². The van der Waals surface area contributed by atoms with Crippen molar-refractivity contribution in [1.82, 2.24) is 4.98 Å². The lowest BCUT2D eigenvalue weighted by molar-refractivity contribution is 0.0697. The first kappa shape index (κ1) is 15.9. The van der Waals surface area contributed by atoms with Crippen molar-refractivity contribution >= 4 is 22.8 Å². The van der Waals surface area contributed by atoms with E-state index in [9.17, 15) is 9.90 Å². The summed E-state index contributed by atoms with van der Waals surface area (Å²) < 4.78 is 5.63. The molecule has 6 heteroatoms. The molecule has 3 aromatic rings. The first-order chi connectivity index (χ1) is 11.5. The summed E-state index contributed by atoms with van der Waals surface area (Å²) in [6.45, 7) is 5.79. The van der Waals surface area contributed by atoms with E-state index in [1.807, 2.05) is 6.07 Å². The third-order valence-electron chi connectivity index (χ3n) is 3.98. The van der Waals surface area contributed by atoms with Crippen molar-refractivity contribution in [1.29, 1.82) is 0 Å². The van der Waals surface area contributed by atoms with Gasteiger partial charge < -0.3 is 19.5 Å². The summed E-state index contributed by atoms with van der Waals surface area (Å²) in [5.74, 6) is -0.693. The van der Waals surface area contributed by atoms with E-state index in [0.29, 0.717) is 16.7 Å². The fourth-order valence-electron chi connectivity index (χ4n) is 2.66. The standard InChI is InChI=1S/C18H18N2O4/c1-3-20(4-2)12-6-7-13(15(21)10-12)17-19-14-8-5-11(18(22)23)9-16(14)24-17/h5-10,21H,3-4H2,1-2H3,(H,22,23). The van der Waals surface area contributed by atoms with Crippen molar-refractivity contribution in [2.24, 2.45) is 0 Å². The molecule has 0 bridgehead atoms. The fraction of sp³-hybridized carbons (Fsp3) is 0.222. The Morgan fingerprint density at radius 1 is 1.17 bits per heavy atom. The van der Waals surface area contributed by atoms with Crippen molar-refractivity contribution in [3.63, 3.8) is 0 Å². The second-order valence-electron chi connectivity index (χ2n) is 5.38. The molecule has 0 saturated carbocycles. The topological polar surface area (TPSA) is 86.8 Å². The van der Waals surface area contributed by atoms with E-state index in [1.165, 1.54) is 12.1 Å². The number of carbonyl (C=O) groups is 1. The largest absolute Gasteiger partial charge is 0.507 e. The Labute approximate surface area is 139 Å². The van der Waals surface area contributed by atoms with Gasteiger partial charge in [0.05, 0.1) is 11.1 Å². The molecule has 0 aliphatic heterocycles. The minimum atomic E-state index is -1.03. The average molecular weight is 326 g/mol. The number of hydrogen-bond acceptors (Lipinski definition) is 5. The Morgan fingerprint density at radius 2 is 1.92 bits per heavy atom. The maximum Gasteiger partial charge on any atom is 0.335 e. The van der Waals surface area contributed by atoms with Crippen LogP contribution in [0, 0.1) is 0 Å². The first-order valence-corrected chi connectivity index (χ1v) is 7.75. The summed E-state index contributed by atoms with van der Waals surface area (Å²) in [5, 5.41) is 19.4. The number of oxazole rings is 1. The second-order valence-corrected chi connectivity index (χ2v) is 5.38. The van der Waals surface area contributed by atoms with Gasteiger partial charge >= 0.3 is 5.97 Å². The zero-order chi connectivity index (χ0) is 17.3. The van der Waals surface area contributed by atoms with Crippen molar-refractivity contribution in [3.8, 4) is 17.2 Å². The number of hydrogen-bond donors (Lipinski definition) is 2. The Morgan fingerprint density at radius 3 is 2.54 bits per heavy atom. The van der Waals surface area contributed by atoms with Crippen molar-refractivity contribution in [3.05, 3.63) is 42.0 Å². The smallest absolute Gasteiger partial charge is 0.335 e. The Bertz CT molecular complexity index is 897. The molecular weight excluding hydrogens is 308 g/mol. The van der Waals surface area contributed by atoms with Crippen LogP contribution in [-0.2, 0) is 0 Å². The maximum atomic E-state index is 11.0. The van der Waals surface area contributed by atoms with Crippen molar-refractivity contribution in [2.45, 2.75) is 13.8 Å². The number of aromatic hydroxyl groups is 1. The molecule has 3 rings (SSSR count). The van der Waals surface area contributed by atoms with Crippen molar-refractivity contribution < 1.29 is 19.4 Å². The van der Waals surface area contributed by atoms with Crippen LogP contribution in [0.25, 0.3) is 22.6 Å². The van der Waals surface area contributed by atoms with E-state index in [-0.39, 0.29) is 17.2 Å². The molecular formula is C18H18N2O4. The van der Waals surface area contributed by atoms with Crippen LogP contribution in [0.2, 0.25) is 0 Å². The predicted octanol–water partition coefficient (Wildman–Crippen LogP) is 3.74. The van der Waals surface area contributed by atoms with Crippen LogP contribution in [0.15, 0.2) is 40.8 Å². The Kier molecular flexibility index (Phi) is 4.12. The number of aromatic nitrogens is 1. The third-order valence-corrected chi connectivity index (χ3v) is 3.98. The number of anilines is 1. The number of phenols is 1.